The van der Waals surface area contributed by atoms with Crippen LogP contribution in [-0.4, -0.2) is 128 Å². The zero-order chi connectivity index (χ0) is 65.9. The second kappa shape index (κ2) is 34.6. The highest BCUT2D eigenvalue weighted by molar-refractivity contribution is 6.63. The first kappa shape index (κ1) is 69.8. The second-order valence-electron chi connectivity index (χ2n) is 25.1. The summed E-state index contributed by atoms with van der Waals surface area (Å²) in [5.41, 5.74) is 18.8. The summed E-state index contributed by atoms with van der Waals surface area (Å²) in [5, 5.41) is 2.99. The molecule has 18 heteroatoms. The number of Topliss-reactive ketones (excluding diaryl/α,β-unsaturated/α-hetero) is 2. The molecule has 94 heavy (non-hydrogen) atoms. The van der Waals surface area contributed by atoms with Crippen LogP contribution in [0.4, 0.5) is 34.1 Å². The summed E-state index contributed by atoms with van der Waals surface area (Å²) in [6, 6.07) is 41.6. The van der Waals surface area contributed by atoms with Gasteiger partial charge in [0.1, 0.15) is 0 Å². The van der Waals surface area contributed by atoms with E-state index in [4.69, 9.17) is 46.4 Å². The molecule has 1 saturated heterocycles. The number of nitrogens with zero attached hydrogens (tertiary/aromatic N) is 6. The Morgan fingerprint density at radius 2 is 0.851 bits per heavy atom. The number of anilines is 6. The van der Waals surface area contributed by atoms with E-state index in [1.165, 1.54) is 63.3 Å². The van der Waals surface area contributed by atoms with E-state index in [0.717, 1.165) is 175 Å². The standard InChI is InChI=1S/C25H29N3O2.C15H16ClNO2.C12H14ClNO.C12H13NO.C9H11N.C3H4Cl2O/c29-23(10-12-26-13-15-27(16-14-26)22-6-2-1-3-7-22)21-17-19-5-4-11-28-24(30)9-8-20(18-21)25(19)28;16-6-5-13(18)12-8-10-2-1-7-17-14(19)4-3-11(9-12)15(10)17;13-8-7-12(15)14-9-3-5-10-4-1-2-6-11(10)14;14-11-7-6-10-4-1-3-9-5-2-8-13(11)12(9)10;1-2-6-9-8(4-1)5-3-7-10-9;4-2-1-3(5)6/h1-3,6-7,17-18H,4-5,8-16H2;8-9H,1-7H2;1-2,4,6H,3,5,7-9H2;1,3-4H,2,5-8H2;1-2,4,6,10H,3,5,7H2;1-2H2. The van der Waals surface area contributed by atoms with Gasteiger partial charge in [0, 0.05) is 162 Å². The molecule has 9 heterocycles. The molecule has 6 aromatic rings. The molecule has 0 bridgehead atoms. The summed E-state index contributed by atoms with van der Waals surface area (Å²) in [6.07, 6.45) is 16.6. The summed E-state index contributed by atoms with van der Waals surface area (Å²) < 4.78 is 0. The molecule has 0 radical (unpaired) electrons. The Balaban J connectivity index is 0.000000131. The number of rotatable bonds is 12. The Hall–Kier alpha value is -7.07. The molecule has 496 valence electrons. The van der Waals surface area contributed by atoms with Crippen molar-refractivity contribution in [3.05, 3.63) is 177 Å². The molecule has 4 amide bonds. The highest BCUT2D eigenvalue weighted by Gasteiger charge is 2.33. The number of benzene rings is 6. The Morgan fingerprint density at radius 1 is 0.404 bits per heavy atom. The number of para-hydroxylation sites is 4. The summed E-state index contributed by atoms with van der Waals surface area (Å²) in [6.45, 7) is 9.33. The predicted molar refractivity (Wildman–Crippen MR) is 382 cm³/mol. The van der Waals surface area contributed by atoms with Gasteiger partial charge in [0.15, 0.2) is 11.6 Å². The topological polar surface area (TPSA) is 151 Å². The number of halogens is 4. The molecule has 0 aliphatic carbocycles. The van der Waals surface area contributed by atoms with Crippen molar-refractivity contribution in [2.45, 2.75) is 128 Å². The molecule has 0 unspecified atom stereocenters. The lowest BCUT2D eigenvalue weighted by Gasteiger charge is -2.36. The molecular formula is C76H87Cl4N7O7. The van der Waals surface area contributed by atoms with E-state index in [9.17, 15) is 33.6 Å². The third kappa shape index (κ3) is 17.9. The minimum absolute atomic E-state index is 0.100. The van der Waals surface area contributed by atoms with Crippen molar-refractivity contribution in [1.29, 1.82) is 0 Å². The zero-order valence-electron chi connectivity index (χ0n) is 53.9. The van der Waals surface area contributed by atoms with Gasteiger partial charge in [0.25, 0.3) is 0 Å². The average Bonchev–Trinajstić information content (AvgIpc) is 0.784. The highest BCUT2D eigenvalue weighted by Crippen LogP contribution is 2.40. The molecule has 9 aliphatic heterocycles. The Kier molecular flexibility index (Phi) is 25.6. The van der Waals surface area contributed by atoms with Crippen molar-refractivity contribution in [1.82, 2.24) is 4.90 Å². The smallest absolute Gasteiger partial charge is 0.228 e. The SMILES string of the molecule is O=C(CCCl)N1CCCc2ccccc21.O=C(CCCl)c1cc2c3c(c1)CCC(=O)N3CCC2.O=C(CCN1CCN(c2ccccc2)CC1)c1cc2c3c(c1)CCC(=O)N3CCC2.O=C(Cl)CCCl.O=C1CCc2cccc3c2N1CCC3.c1ccc2c(c1)CCCN2. The number of amides is 4. The van der Waals surface area contributed by atoms with Crippen molar-refractivity contribution < 1.29 is 33.6 Å². The van der Waals surface area contributed by atoms with Crippen LogP contribution in [0.5, 0.6) is 0 Å². The van der Waals surface area contributed by atoms with Gasteiger partial charge in [-0.2, -0.15) is 0 Å². The fourth-order valence-corrected chi connectivity index (χ4v) is 14.9. The lowest BCUT2D eigenvalue weighted by molar-refractivity contribution is -0.119. The van der Waals surface area contributed by atoms with Gasteiger partial charge in [-0.15, -0.1) is 34.8 Å². The van der Waals surface area contributed by atoms with Crippen molar-refractivity contribution in [2.75, 3.05) is 113 Å². The largest absolute Gasteiger partial charge is 0.385 e. The maximum Gasteiger partial charge on any atom is 0.228 e. The fourth-order valence-electron chi connectivity index (χ4n) is 14.2. The van der Waals surface area contributed by atoms with Crippen LogP contribution in [0.15, 0.2) is 121 Å². The van der Waals surface area contributed by atoms with Gasteiger partial charge in [0.05, 0.1) is 11.4 Å². The molecule has 0 atom stereocenters. The first-order valence-corrected chi connectivity index (χ1v) is 35.8. The van der Waals surface area contributed by atoms with Crippen LogP contribution in [0.3, 0.4) is 0 Å². The molecule has 9 aliphatic rings. The van der Waals surface area contributed by atoms with Crippen molar-refractivity contribution in [3.63, 3.8) is 0 Å². The number of nitrogens with one attached hydrogen (secondary N) is 1. The number of hydrogen-bond donors (Lipinski definition) is 1. The summed E-state index contributed by atoms with van der Waals surface area (Å²) in [5.74, 6) is 2.30. The summed E-state index contributed by atoms with van der Waals surface area (Å²) in [7, 11) is 0. The van der Waals surface area contributed by atoms with E-state index in [0.29, 0.717) is 62.1 Å². The maximum atomic E-state index is 13.0. The van der Waals surface area contributed by atoms with Crippen molar-refractivity contribution >= 4 is 121 Å². The lowest BCUT2D eigenvalue weighted by atomic mass is 9.88. The van der Waals surface area contributed by atoms with Gasteiger partial charge in [-0.05, 0) is 188 Å². The van der Waals surface area contributed by atoms with E-state index in [2.05, 4.69) is 106 Å². The van der Waals surface area contributed by atoms with Crippen molar-refractivity contribution in [2.24, 2.45) is 0 Å². The average molecular weight is 1350 g/mol. The number of piperazine rings is 1. The van der Waals surface area contributed by atoms with Crippen LogP contribution >= 0.6 is 46.4 Å². The van der Waals surface area contributed by atoms with Gasteiger partial charge in [-0.1, -0.05) is 72.8 Å². The molecule has 14 nitrogen and oxygen atoms in total. The van der Waals surface area contributed by atoms with Gasteiger partial charge in [-0.25, -0.2) is 0 Å². The number of carbonyl (C=O) groups excluding carboxylic acids is 7. The molecular weight excluding hydrogens is 1260 g/mol. The first-order chi connectivity index (χ1) is 45.8. The van der Waals surface area contributed by atoms with E-state index in [-0.39, 0.29) is 41.0 Å². The van der Waals surface area contributed by atoms with E-state index < -0.39 is 0 Å². The molecule has 15 rings (SSSR count). The van der Waals surface area contributed by atoms with Gasteiger partial charge in [0.2, 0.25) is 28.9 Å². The Bertz CT molecular complexity index is 3600. The van der Waals surface area contributed by atoms with E-state index >= 15 is 0 Å². The molecule has 0 saturated carbocycles. The lowest BCUT2D eigenvalue weighted by Crippen LogP contribution is -2.46. The minimum atomic E-state index is -0.370. The number of aryl methyl sites for hydroxylation is 8. The maximum absolute atomic E-state index is 13.0. The first-order valence-electron chi connectivity index (χ1n) is 33.8. The van der Waals surface area contributed by atoms with Crippen LogP contribution in [0.1, 0.15) is 142 Å². The van der Waals surface area contributed by atoms with Gasteiger partial charge >= 0.3 is 0 Å². The summed E-state index contributed by atoms with van der Waals surface area (Å²) in [4.78, 5) is 94.9. The summed E-state index contributed by atoms with van der Waals surface area (Å²) >= 11 is 21.2. The van der Waals surface area contributed by atoms with Crippen LogP contribution in [0.2, 0.25) is 0 Å². The molecule has 1 N–H and O–H groups in total. The number of fused-ring (bicyclic) bond motifs is 2. The number of carbonyl (C=O) groups is 7. The van der Waals surface area contributed by atoms with E-state index in [1.807, 2.05) is 49.9 Å². The normalized spacial score (nSPS) is 17.0. The highest BCUT2D eigenvalue weighted by atomic mass is 35.5. The minimum Gasteiger partial charge on any atom is -0.385 e. The molecule has 1 fully saturated rings. The fraction of sp³-hybridized carbons (Fsp3) is 0.434. The third-order valence-electron chi connectivity index (χ3n) is 18.8. The zero-order valence-corrected chi connectivity index (χ0v) is 57.0. The number of alkyl halides is 3. The molecule has 0 spiro atoms. The number of hydrogen-bond acceptors (Lipinski definition) is 10. The second-order valence-corrected chi connectivity index (χ2v) is 26.6. The number of ketones is 2. The van der Waals surface area contributed by atoms with Crippen LogP contribution in [0, 0.1) is 0 Å². The quantitative estimate of drug-likeness (QED) is 0.0712. The third-order valence-corrected chi connectivity index (χ3v) is 19.6. The van der Waals surface area contributed by atoms with E-state index in [1.54, 1.807) is 0 Å². The van der Waals surface area contributed by atoms with Crippen molar-refractivity contribution in [3.8, 4) is 0 Å². The molecule has 6 aromatic carbocycles. The van der Waals surface area contributed by atoms with Crippen LogP contribution in [-0.2, 0) is 75.3 Å². The van der Waals surface area contributed by atoms with Gasteiger partial charge in [-0.3, -0.25) is 38.5 Å². The molecule has 0 aromatic heterocycles. The van der Waals surface area contributed by atoms with Crippen LogP contribution < -0.4 is 29.8 Å². The Labute approximate surface area is 574 Å². The predicted octanol–water partition coefficient (Wildman–Crippen LogP) is 14.0. The Morgan fingerprint density at radius 3 is 1.40 bits per heavy atom. The van der Waals surface area contributed by atoms with Crippen LogP contribution in [0.25, 0.3) is 0 Å². The monoisotopic (exact) mass is 1350 g/mol. The van der Waals surface area contributed by atoms with Gasteiger partial charge < -0.3 is 29.8 Å².